The molecule has 17 heavy (non-hydrogen) atoms. The fourth-order valence-corrected chi connectivity index (χ4v) is 1.37. The molecule has 0 amide bonds. The summed E-state index contributed by atoms with van der Waals surface area (Å²) in [5.41, 5.74) is 4.66. The molecule has 94 valence electrons. The molecule has 0 saturated carbocycles. The first-order chi connectivity index (χ1) is 8.01. The van der Waals surface area contributed by atoms with E-state index in [9.17, 15) is 13.6 Å². The second-order valence-corrected chi connectivity index (χ2v) is 3.58. The average Bonchev–Trinajstić information content (AvgIpc) is 2.30. The lowest BCUT2D eigenvalue weighted by atomic mass is 10.1. The first kappa shape index (κ1) is 13.4. The maximum absolute atomic E-state index is 13.5. The molecule has 1 aromatic rings. The monoisotopic (exact) mass is 244 g/mol. The van der Waals surface area contributed by atoms with Gasteiger partial charge in [0.25, 0.3) is 0 Å². The molecule has 0 aliphatic carbocycles. The maximum Gasteiger partial charge on any atom is 0.338 e. The molecule has 1 unspecified atom stereocenters. The molecule has 4 nitrogen and oxygen atoms in total. The summed E-state index contributed by atoms with van der Waals surface area (Å²) in [6, 6.07) is 2.03. The van der Waals surface area contributed by atoms with E-state index in [1.54, 1.807) is 0 Å². The minimum absolute atomic E-state index is 0.0789. The second kappa shape index (κ2) is 5.58. The van der Waals surface area contributed by atoms with E-state index in [0.29, 0.717) is 6.42 Å². The van der Waals surface area contributed by atoms with Gasteiger partial charge in [-0.2, -0.15) is 0 Å². The summed E-state index contributed by atoms with van der Waals surface area (Å²) in [5.74, 6) is -4.06. The van der Waals surface area contributed by atoms with E-state index in [0.717, 1.165) is 6.07 Å². The maximum atomic E-state index is 13.5. The Labute approximate surface area is 97.4 Å². The molecule has 6 heteroatoms. The lowest BCUT2D eigenvalue weighted by Gasteiger charge is -2.17. The second-order valence-electron chi connectivity index (χ2n) is 3.58. The number of rotatable bonds is 5. The highest BCUT2D eigenvalue weighted by atomic mass is 19.2. The summed E-state index contributed by atoms with van der Waals surface area (Å²) in [6.45, 7) is 2.13. The highest BCUT2D eigenvalue weighted by Gasteiger charge is 2.18. The smallest absolute Gasteiger partial charge is 0.338 e. The fraction of sp³-hybridized carbons (Fsp3) is 0.364. The predicted molar refractivity (Wildman–Crippen MR) is 60.1 cm³/mol. The highest BCUT2D eigenvalue weighted by molar-refractivity contribution is 5.88. The van der Waals surface area contributed by atoms with E-state index in [-0.39, 0.29) is 18.3 Å². The van der Waals surface area contributed by atoms with Gasteiger partial charge in [-0.3, -0.25) is 0 Å². The van der Waals surface area contributed by atoms with Crippen LogP contribution in [0.4, 0.5) is 14.5 Å². The summed E-state index contributed by atoms with van der Waals surface area (Å²) >= 11 is 0. The highest BCUT2D eigenvalue weighted by Crippen LogP contribution is 2.21. The third-order valence-electron chi connectivity index (χ3n) is 2.45. The third-order valence-corrected chi connectivity index (χ3v) is 2.45. The summed E-state index contributed by atoms with van der Waals surface area (Å²) < 4.78 is 26.9. The van der Waals surface area contributed by atoms with Crippen molar-refractivity contribution in [1.82, 2.24) is 0 Å². The molecule has 0 bridgehead atoms. The Morgan fingerprint density at radius 3 is 2.59 bits per heavy atom. The Hall–Kier alpha value is -1.69. The van der Waals surface area contributed by atoms with Gasteiger partial charge in [0, 0.05) is 12.6 Å². The van der Waals surface area contributed by atoms with Crippen LogP contribution in [0.25, 0.3) is 0 Å². The van der Waals surface area contributed by atoms with Gasteiger partial charge in [-0.05, 0) is 18.6 Å². The van der Waals surface area contributed by atoms with Crippen molar-refractivity contribution < 1.29 is 18.7 Å². The molecule has 0 saturated heterocycles. The number of hydrogen-bond acceptors (Lipinski definition) is 3. The number of hydrogen-bond donors (Lipinski definition) is 3. The lowest BCUT2D eigenvalue weighted by Crippen LogP contribution is -2.28. The van der Waals surface area contributed by atoms with Crippen molar-refractivity contribution in [2.75, 3.05) is 11.9 Å². The van der Waals surface area contributed by atoms with E-state index in [1.807, 2.05) is 6.92 Å². The lowest BCUT2D eigenvalue weighted by molar-refractivity contribution is 0.0690. The molecular formula is C11H14F2N2O2. The molecule has 0 heterocycles. The van der Waals surface area contributed by atoms with E-state index >= 15 is 0 Å². The molecule has 0 spiro atoms. The van der Waals surface area contributed by atoms with Crippen molar-refractivity contribution in [3.05, 3.63) is 29.3 Å². The first-order valence-corrected chi connectivity index (χ1v) is 5.19. The molecule has 1 atom stereocenters. The van der Waals surface area contributed by atoms with Crippen molar-refractivity contribution in [3.63, 3.8) is 0 Å². The largest absolute Gasteiger partial charge is 0.478 e. The number of benzene rings is 1. The Kier molecular flexibility index (Phi) is 4.39. The van der Waals surface area contributed by atoms with Crippen molar-refractivity contribution in [2.45, 2.75) is 19.4 Å². The SMILES string of the molecule is CCC(CN)Nc1ccc(C(=O)O)c(F)c1F. The minimum atomic E-state index is -1.50. The van der Waals surface area contributed by atoms with Crippen LogP contribution < -0.4 is 11.1 Å². The molecule has 4 N–H and O–H groups in total. The molecule has 0 aliphatic heterocycles. The molecule has 1 aromatic carbocycles. The van der Waals surface area contributed by atoms with Crippen molar-refractivity contribution in [3.8, 4) is 0 Å². The molecule has 0 aromatic heterocycles. The minimum Gasteiger partial charge on any atom is -0.478 e. The van der Waals surface area contributed by atoms with Crippen LogP contribution in [0.1, 0.15) is 23.7 Å². The topological polar surface area (TPSA) is 75.3 Å². The Balaban J connectivity index is 3.04. The van der Waals surface area contributed by atoms with Gasteiger partial charge in [-0.1, -0.05) is 6.92 Å². The van der Waals surface area contributed by atoms with Crippen LogP contribution in [0.15, 0.2) is 12.1 Å². The number of carboxylic acids is 1. The van der Waals surface area contributed by atoms with E-state index in [1.165, 1.54) is 6.07 Å². The Morgan fingerprint density at radius 1 is 1.47 bits per heavy atom. The van der Waals surface area contributed by atoms with Gasteiger partial charge in [0.1, 0.15) is 0 Å². The summed E-state index contributed by atoms with van der Waals surface area (Å²) in [6.07, 6.45) is 0.651. The van der Waals surface area contributed by atoms with Gasteiger partial charge >= 0.3 is 5.97 Å². The van der Waals surface area contributed by atoms with Crippen LogP contribution in [-0.4, -0.2) is 23.7 Å². The van der Waals surface area contributed by atoms with Gasteiger partial charge < -0.3 is 16.2 Å². The van der Waals surface area contributed by atoms with Gasteiger partial charge in [0.15, 0.2) is 11.6 Å². The zero-order valence-electron chi connectivity index (χ0n) is 9.34. The van der Waals surface area contributed by atoms with Crippen molar-refractivity contribution in [2.24, 2.45) is 5.73 Å². The number of nitrogens with two attached hydrogens (primary N) is 1. The number of carboxylic acid groups (broad SMARTS) is 1. The van der Waals surface area contributed by atoms with E-state index in [2.05, 4.69) is 5.32 Å². The summed E-state index contributed by atoms with van der Waals surface area (Å²) in [4.78, 5) is 10.6. The van der Waals surface area contributed by atoms with Crippen LogP contribution in [-0.2, 0) is 0 Å². The molecule has 1 rings (SSSR count). The van der Waals surface area contributed by atoms with Crippen molar-refractivity contribution in [1.29, 1.82) is 0 Å². The molecular weight excluding hydrogens is 230 g/mol. The van der Waals surface area contributed by atoms with Crippen LogP contribution in [0.5, 0.6) is 0 Å². The summed E-state index contributed by atoms with van der Waals surface area (Å²) in [7, 11) is 0. The molecule has 0 fully saturated rings. The van der Waals surface area contributed by atoms with Gasteiger partial charge in [-0.15, -0.1) is 0 Å². The Bertz CT molecular complexity index is 420. The third kappa shape index (κ3) is 2.91. The number of nitrogens with one attached hydrogen (secondary N) is 1. The first-order valence-electron chi connectivity index (χ1n) is 5.19. The fourth-order valence-electron chi connectivity index (χ4n) is 1.37. The van der Waals surface area contributed by atoms with Crippen molar-refractivity contribution >= 4 is 11.7 Å². The zero-order chi connectivity index (χ0) is 13.0. The van der Waals surface area contributed by atoms with Gasteiger partial charge in [-0.25, -0.2) is 13.6 Å². The van der Waals surface area contributed by atoms with Crippen LogP contribution >= 0.6 is 0 Å². The summed E-state index contributed by atoms with van der Waals surface area (Å²) in [5, 5.41) is 11.3. The number of carbonyl (C=O) groups is 1. The zero-order valence-corrected chi connectivity index (χ0v) is 9.34. The van der Waals surface area contributed by atoms with E-state index in [4.69, 9.17) is 10.8 Å². The Morgan fingerprint density at radius 2 is 2.12 bits per heavy atom. The number of aromatic carboxylic acids is 1. The van der Waals surface area contributed by atoms with Crippen LogP contribution in [0.2, 0.25) is 0 Å². The van der Waals surface area contributed by atoms with Gasteiger partial charge in [0.2, 0.25) is 0 Å². The van der Waals surface area contributed by atoms with Crippen LogP contribution in [0.3, 0.4) is 0 Å². The predicted octanol–water partition coefficient (Wildman–Crippen LogP) is 1.81. The average molecular weight is 244 g/mol. The normalized spacial score (nSPS) is 12.2. The van der Waals surface area contributed by atoms with Gasteiger partial charge in [0.05, 0.1) is 11.3 Å². The quantitative estimate of drug-likeness (QED) is 0.738. The molecule has 0 radical (unpaired) electrons. The number of anilines is 1. The number of halogens is 2. The van der Waals surface area contributed by atoms with Crippen LogP contribution in [0, 0.1) is 11.6 Å². The molecule has 0 aliphatic rings. The van der Waals surface area contributed by atoms with E-state index < -0.39 is 23.2 Å². The standard InChI is InChI=1S/C11H14F2N2O2/c1-2-6(5-14)15-8-4-3-7(11(16)17)9(12)10(8)13/h3-4,6,15H,2,5,14H2,1H3,(H,16,17).